The van der Waals surface area contributed by atoms with E-state index in [0.717, 1.165) is 99.2 Å². The lowest BCUT2D eigenvalue weighted by molar-refractivity contribution is 0.669. The van der Waals surface area contributed by atoms with Gasteiger partial charge in [-0.05, 0) is 122 Å². The molecule has 0 spiro atoms. The van der Waals surface area contributed by atoms with Gasteiger partial charge in [0.15, 0.2) is 0 Å². The topological polar surface area (TPSA) is 64.7 Å². The average molecular weight is 841 g/mol. The van der Waals surface area contributed by atoms with Gasteiger partial charge in [0.05, 0.1) is 33.5 Å². The van der Waals surface area contributed by atoms with E-state index in [1.54, 1.807) is 0 Å². The summed E-state index contributed by atoms with van der Waals surface area (Å²) < 4.78 is 6.73. The minimum absolute atomic E-state index is 0.871. The Labute approximate surface area is 378 Å². The Morgan fingerprint density at radius 2 is 0.818 bits per heavy atom. The number of furan rings is 1. The molecule has 5 aromatic heterocycles. The lowest BCUT2D eigenvalue weighted by Gasteiger charge is -2.13. The molecule has 5 heterocycles. The Morgan fingerprint density at radius 1 is 0.318 bits per heavy atom. The number of hydrogen-bond donors (Lipinski definition) is 0. The van der Waals surface area contributed by atoms with Crippen molar-refractivity contribution in [2.24, 2.45) is 0 Å². The van der Waals surface area contributed by atoms with Crippen LogP contribution in [0, 0.1) is 6.92 Å². The van der Waals surface area contributed by atoms with Crippen LogP contribution < -0.4 is 0 Å². The van der Waals surface area contributed by atoms with Crippen LogP contribution in [-0.4, -0.2) is 19.9 Å². The molecular formula is C61H36N4O. The highest BCUT2D eigenvalue weighted by molar-refractivity contribution is 6.28. The molecule has 0 fully saturated rings. The molecule has 0 radical (unpaired) electrons. The first kappa shape index (κ1) is 36.7. The van der Waals surface area contributed by atoms with Crippen LogP contribution in [-0.2, 0) is 0 Å². The molecule has 0 aliphatic carbocycles. The molecule has 306 valence electrons. The second kappa shape index (κ2) is 14.1. The molecule has 0 saturated heterocycles. The smallest absolute Gasteiger partial charge is 0.136 e. The lowest BCUT2D eigenvalue weighted by atomic mass is 9.90. The van der Waals surface area contributed by atoms with Gasteiger partial charge in [0.1, 0.15) is 11.2 Å². The molecule has 5 heteroatoms. The summed E-state index contributed by atoms with van der Waals surface area (Å²) in [4.78, 5) is 19.5. The first-order valence-corrected chi connectivity index (χ1v) is 22.3. The van der Waals surface area contributed by atoms with E-state index >= 15 is 0 Å². The van der Waals surface area contributed by atoms with Crippen molar-refractivity contribution in [2.75, 3.05) is 0 Å². The fourth-order valence-corrected chi connectivity index (χ4v) is 10.3. The highest BCUT2D eigenvalue weighted by atomic mass is 16.3. The fraction of sp³-hybridized carbons (Fsp3) is 0.0164. The lowest BCUT2D eigenvalue weighted by Crippen LogP contribution is -1.91. The van der Waals surface area contributed by atoms with Crippen LogP contribution in [0.2, 0.25) is 0 Å². The van der Waals surface area contributed by atoms with E-state index in [9.17, 15) is 0 Å². The van der Waals surface area contributed by atoms with Crippen LogP contribution in [0.25, 0.3) is 143 Å². The van der Waals surface area contributed by atoms with E-state index in [4.69, 9.17) is 14.4 Å². The summed E-state index contributed by atoms with van der Waals surface area (Å²) in [5, 5.41) is 13.9. The largest absolute Gasteiger partial charge is 0.456 e. The second-order valence-corrected chi connectivity index (χ2v) is 17.4. The first-order chi connectivity index (χ1) is 32.6. The Hall–Kier alpha value is -8.80. The molecule has 0 aliphatic heterocycles. The highest BCUT2D eigenvalue weighted by Crippen LogP contribution is 2.42. The minimum atomic E-state index is 0.871. The van der Waals surface area contributed by atoms with E-state index in [0.29, 0.717) is 0 Å². The Kier molecular flexibility index (Phi) is 7.83. The molecule has 0 bridgehead atoms. The predicted octanol–water partition coefficient (Wildman–Crippen LogP) is 16.2. The van der Waals surface area contributed by atoms with Crippen LogP contribution in [0.4, 0.5) is 0 Å². The van der Waals surface area contributed by atoms with Crippen LogP contribution in [0.1, 0.15) is 5.56 Å². The van der Waals surface area contributed by atoms with E-state index in [2.05, 4.69) is 193 Å². The molecule has 0 aliphatic rings. The average Bonchev–Trinajstić information content (AvgIpc) is 3.74. The van der Waals surface area contributed by atoms with Gasteiger partial charge >= 0.3 is 0 Å². The molecule has 0 N–H and O–H groups in total. The van der Waals surface area contributed by atoms with Gasteiger partial charge < -0.3 is 4.42 Å². The van der Waals surface area contributed by atoms with Crippen LogP contribution >= 0.6 is 0 Å². The molecule has 14 aromatic rings. The molecule has 0 atom stereocenters. The van der Waals surface area contributed by atoms with Crippen molar-refractivity contribution < 1.29 is 4.42 Å². The van der Waals surface area contributed by atoms with E-state index in [1.807, 2.05) is 24.5 Å². The monoisotopic (exact) mass is 840 g/mol. The molecule has 0 amide bonds. The Morgan fingerprint density at radius 3 is 1.52 bits per heavy atom. The van der Waals surface area contributed by atoms with Crippen LogP contribution in [0.5, 0.6) is 0 Å². The fourth-order valence-electron chi connectivity index (χ4n) is 10.3. The number of benzene rings is 9. The maximum absolute atomic E-state index is 6.73. The summed E-state index contributed by atoms with van der Waals surface area (Å²) in [6.45, 7) is 2.18. The molecule has 14 rings (SSSR count). The molecule has 0 unspecified atom stereocenters. The SMILES string of the molecule is Cc1cc(-c2ccc3c(c2)c2ccccc2c2cc4c(cc32)oc2cc(-c3ccc(-c5ccc6ccc7cccnc7c6n5)cc3)ccc24)ccc1-c1ccc2ccc3cccnc3c2n1. The quantitative estimate of drug-likeness (QED) is 0.165. The van der Waals surface area contributed by atoms with Crippen molar-refractivity contribution in [3.8, 4) is 44.8 Å². The summed E-state index contributed by atoms with van der Waals surface area (Å²) >= 11 is 0. The van der Waals surface area contributed by atoms with Gasteiger partial charge in [-0.15, -0.1) is 0 Å². The zero-order chi connectivity index (χ0) is 43.5. The number of aryl methyl sites for hydroxylation is 1. The van der Waals surface area contributed by atoms with Crippen LogP contribution in [0.3, 0.4) is 0 Å². The zero-order valence-electron chi connectivity index (χ0n) is 35.7. The highest BCUT2D eigenvalue weighted by Gasteiger charge is 2.17. The first-order valence-electron chi connectivity index (χ1n) is 22.3. The second-order valence-electron chi connectivity index (χ2n) is 17.4. The van der Waals surface area contributed by atoms with E-state index in [1.165, 1.54) is 49.0 Å². The maximum Gasteiger partial charge on any atom is 0.136 e. The number of fused-ring (bicyclic) bond motifs is 15. The van der Waals surface area contributed by atoms with Crippen molar-refractivity contribution >= 4 is 97.9 Å². The number of rotatable bonds is 4. The van der Waals surface area contributed by atoms with E-state index in [-0.39, 0.29) is 0 Å². The van der Waals surface area contributed by atoms with Gasteiger partial charge in [-0.3, -0.25) is 9.97 Å². The number of hydrogen-bond acceptors (Lipinski definition) is 5. The number of aromatic nitrogens is 4. The van der Waals surface area contributed by atoms with Gasteiger partial charge in [-0.25, -0.2) is 9.97 Å². The zero-order valence-corrected chi connectivity index (χ0v) is 35.7. The van der Waals surface area contributed by atoms with Gasteiger partial charge in [-0.1, -0.05) is 133 Å². The normalized spacial score (nSPS) is 12.0. The number of pyridine rings is 4. The summed E-state index contributed by atoms with van der Waals surface area (Å²) in [5.74, 6) is 0. The van der Waals surface area contributed by atoms with Crippen LogP contribution in [0.15, 0.2) is 205 Å². The summed E-state index contributed by atoms with van der Waals surface area (Å²) in [5.41, 5.74) is 15.2. The standard InChI is InChI=1S/C61H36N4O/c1-35-30-42(18-23-45(35)55-27-22-41-17-15-39-7-5-29-63-59(39)61(41)65-55)43-19-24-48-50(31-43)46-8-2-3-9-47(46)51-33-53-49-25-20-44(32-56(49)66-57(53)34-52(48)51)36-10-12-37(13-11-36)54-26-21-40-16-14-38-6-4-28-62-58(38)60(40)64-54/h2-34H,1H3. The van der Waals surface area contributed by atoms with Crippen molar-refractivity contribution in [1.82, 2.24) is 19.9 Å². The minimum Gasteiger partial charge on any atom is -0.456 e. The van der Waals surface area contributed by atoms with Crippen molar-refractivity contribution in [2.45, 2.75) is 6.92 Å². The van der Waals surface area contributed by atoms with Crippen molar-refractivity contribution in [1.29, 1.82) is 0 Å². The summed E-state index contributed by atoms with van der Waals surface area (Å²) in [7, 11) is 0. The van der Waals surface area contributed by atoms with Crippen molar-refractivity contribution in [3.63, 3.8) is 0 Å². The summed E-state index contributed by atoms with van der Waals surface area (Å²) in [6.07, 6.45) is 3.67. The number of nitrogens with zero attached hydrogens (tertiary/aromatic N) is 4. The molecular weight excluding hydrogens is 805 g/mol. The molecule has 5 nitrogen and oxygen atoms in total. The third kappa shape index (κ3) is 5.66. The third-order valence-corrected chi connectivity index (χ3v) is 13.6. The summed E-state index contributed by atoms with van der Waals surface area (Å²) in [6, 6.07) is 67.3. The Balaban J connectivity index is 0.824. The van der Waals surface area contributed by atoms with Gasteiger partial charge in [0.25, 0.3) is 0 Å². The molecule has 66 heavy (non-hydrogen) atoms. The van der Waals surface area contributed by atoms with E-state index < -0.39 is 0 Å². The van der Waals surface area contributed by atoms with Gasteiger partial charge in [0, 0.05) is 55.8 Å². The third-order valence-electron chi connectivity index (χ3n) is 13.6. The Bertz CT molecular complexity index is 4360. The van der Waals surface area contributed by atoms with Crippen molar-refractivity contribution in [3.05, 3.63) is 206 Å². The molecule has 0 saturated carbocycles. The molecule has 9 aromatic carbocycles. The predicted molar refractivity (Wildman–Crippen MR) is 274 cm³/mol. The van der Waals surface area contributed by atoms with Gasteiger partial charge in [0.2, 0.25) is 0 Å². The van der Waals surface area contributed by atoms with Gasteiger partial charge in [-0.2, -0.15) is 0 Å². The maximum atomic E-state index is 6.73.